The number of esters is 1. The topological polar surface area (TPSA) is 89.7 Å². The molecule has 0 spiro atoms. The monoisotopic (exact) mass is 446 g/mol. The van der Waals surface area contributed by atoms with Crippen molar-refractivity contribution < 1.29 is 22.4 Å². The lowest BCUT2D eigenvalue weighted by atomic mass is 9.95. The molecule has 0 aliphatic heterocycles. The number of ether oxygens (including phenoxy) is 1. The molecule has 1 aromatic heterocycles. The van der Waals surface area contributed by atoms with E-state index in [1.165, 1.54) is 29.6 Å². The standard InChI is InChI=1S/C18H20Cl2N2O5S/c1-26-18(23)15-11-27-17(21-15)10-22(13-5-3-2-4-6-13)28(24,25)16-9-12(19)7-8-14(16)20/h7-9,11,13H,2-6,10H2,1H3. The molecule has 1 heterocycles. The number of methoxy groups -OCH3 is 1. The largest absolute Gasteiger partial charge is 0.464 e. The first-order valence-electron chi connectivity index (χ1n) is 8.82. The highest BCUT2D eigenvalue weighted by molar-refractivity contribution is 7.89. The zero-order chi connectivity index (χ0) is 20.3. The molecule has 28 heavy (non-hydrogen) atoms. The van der Waals surface area contributed by atoms with Crippen LogP contribution in [-0.2, 0) is 21.3 Å². The lowest BCUT2D eigenvalue weighted by Crippen LogP contribution is -2.41. The lowest BCUT2D eigenvalue weighted by Gasteiger charge is -2.32. The molecule has 0 saturated heterocycles. The van der Waals surface area contributed by atoms with Crippen LogP contribution in [0.4, 0.5) is 0 Å². The van der Waals surface area contributed by atoms with Crippen LogP contribution in [0.5, 0.6) is 0 Å². The SMILES string of the molecule is COC(=O)c1coc(CN(C2CCCCC2)S(=O)(=O)c2cc(Cl)ccc2Cl)n1. The average Bonchev–Trinajstić information content (AvgIpc) is 3.16. The fourth-order valence-electron chi connectivity index (χ4n) is 3.30. The number of carbonyl (C=O) groups excluding carboxylic acids is 1. The molecule has 152 valence electrons. The van der Waals surface area contributed by atoms with Gasteiger partial charge in [0, 0.05) is 11.1 Å². The third-order valence-electron chi connectivity index (χ3n) is 4.70. The van der Waals surface area contributed by atoms with E-state index in [1.807, 2.05) is 0 Å². The van der Waals surface area contributed by atoms with Crippen LogP contribution in [0, 0.1) is 0 Å². The Kier molecular flexibility index (Phi) is 6.65. The number of sulfonamides is 1. The molecule has 1 saturated carbocycles. The van der Waals surface area contributed by atoms with Crippen LogP contribution < -0.4 is 0 Å². The maximum absolute atomic E-state index is 13.4. The highest BCUT2D eigenvalue weighted by Crippen LogP contribution is 2.33. The van der Waals surface area contributed by atoms with Gasteiger partial charge in [-0.2, -0.15) is 4.31 Å². The van der Waals surface area contributed by atoms with Crippen molar-refractivity contribution in [2.75, 3.05) is 7.11 Å². The van der Waals surface area contributed by atoms with Crippen LogP contribution in [0.3, 0.4) is 0 Å². The molecule has 0 bridgehead atoms. The van der Waals surface area contributed by atoms with Crippen LogP contribution in [0.1, 0.15) is 48.5 Å². The summed E-state index contributed by atoms with van der Waals surface area (Å²) < 4.78 is 38.1. The molecule has 0 amide bonds. The van der Waals surface area contributed by atoms with Crippen LogP contribution in [0.25, 0.3) is 0 Å². The summed E-state index contributed by atoms with van der Waals surface area (Å²) in [4.78, 5) is 15.6. The summed E-state index contributed by atoms with van der Waals surface area (Å²) in [6.45, 7) is -0.118. The van der Waals surface area contributed by atoms with Gasteiger partial charge < -0.3 is 9.15 Å². The van der Waals surface area contributed by atoms with E-state index in [9.17, 15) is 13.2 Å². The summed E-state index contributed by atoms with van der Waals surface area (Å²) >= 11 is 12.2. The summed E-state index contributed by atoms with van der Waals surface area (Å²) in [5, 5.41) is 0.364. The predicted octanol–water partition coefficient (Wildman–Crippen LogP) is 4.29. The zero-order valence-corrected chi connectivity index (χ0v) is 17.6. The normalized spacial score (nSPS) is 15.7. The van der Waals surface area contributed by atoms with E-state index in [0.717, 1.165) is 38.4 Å². The molecule has 1 fully saturated rings. The molecule has 7 nitrogen and oxygen atoms in total. The van der Waals surface area contributed by atoms with Gasteiger partial charge in [-0.15, -0.1) is 0 Å². The fourth-order valence-corrected chi connectivity index (χ4v) is 5.67. The summed E-state index contributed by atoms with van der Waals surface area (Å²) in [5.74, 6) is -0.548. The summed E-state index contributed by atoms with van der Waals surface area (Å²) in [7, 11) is -2.74. The maximum Gasteiger partial charge on any atom is 0.360 e. The molecule has 1 aromatic carbocycles. The Balaban J connectivity index is 1.98. The summed E-state index contributed by atoms with van der Waals surface area (Å²) in [5.41, 5.74) is -0.0146. The van der Waals surface area contributed by atoms with Crippen LogP contribution in [0.2, 0.25) is 10.0 Å². The van der Waals surface area contributed by atoms with Gasteiger partial charge in [-0.1, -0.05) is 42.5 Å². The lowest BCUT2D eigenvalue weighted by molar-refractivity contribution is 0.0594. The number of hydrogen-bond acceptors (Lipinski definition) is 6. The Labute approximate surface area is 173 Å². The molecule has 1 aliphatic rings. The minimum Gasteiger partial charge on any atom is -0.464 e. The minimum atomic E-state index is -3.97. The van der Waals surface area contributed by atoms with Crippen LogP contribution in [0.15, 0.2) is 33.8 Å². The number of benzene rings is 1. The molecule has 0 radical (unpaired) electrons. The molecule has 1 aliphatic carbocycles. The number of hydrogen-bond donors (Lipinski definition) is 0. The fraction of sp³-hybridized carbons (Fsp3) is 0.444. The zero-order valence-electron chi connectivity index (χ0n) is 15.2. The smallest absolute Gasteiger partial charge is 0.360 e. The number of halogens is 2. The number of nitrogens with zero attached hydrogens (tertiary/aromatic N) is 2. The number of rotatable bonds is 6. The van der Waals surface area contributed by atoms with Gasteiger partial charge in [-0.05, 0) is 31.0 Å². The van der Waals surface area contributed by atoms with Crippen molar-refractivity contribution >= 4 is 39.2 Å². The van der Waals surface area contributed by atoms with Gasteiger partial charge in [0.15, 0.2) is 5.69 Å². The molecule has 2 aromatic rings. The van der Waals surface area contributed by atoms with Gasteiger partial charge in [-0.25, -0.2) is 18.2 Å². The molecular weight excluding hydrogens is 427 g/mol. The highest BCUT2D eigenvalue weighted by atomic mass is 35.5. The van der Waals surface area contributed by atoms with E-state index in [2.05, 4.69) is 9.72 Å². The molecule has 0 N–H and O–H groups in total. The second kappa shape index (κ2) is 8.82. The second-order valence-electron chi connectivity index (χ2n) is 6.53. The van der Waals surface area contributed by atoms with Crippen LogP contribution in [-0.4, -0.2) is 36.8 Å². The van der Waals surface area contributed by atoms with Crippen molar-refractivity contribution in [2.24, 2.45) is 0 Å². The summed E-state index contributed by atoms with van der Waals surface area (Å²) in [6, 6.07) is 4.10. The van der Waals surface area contributed by atoms with Crippen molar-refractivity contribution in [1.82, 2.24) is 9.29 Å². The molecular formula is C18H20Cl2N2O5S. The number of aromatic nitrogens is 1. The van der Waals surface area contributed by atoms with Gasteiger partial charge >= 0.3 is 5.97 Å². The van der Waals surface area contributed by atoms with E-state index in [4.69, 9.17) is 27.6 Å². The van der Waals surface area contributed by atoms with Crippen molar-refractivity contribution in [3.63, 3.8) is 0 Å². The Morgan fingerprint density at radius 3 is 2.68 bits per heavy atom. The van der Waals surface area contributed by atoms with E-state index >= 15 is 0 Å². The van der Waals surface area contributed by atoms with Gasteiger partial charge in [0.2, 0.25) is 15.9 Å². The minimum absolute atomic E-state index is 0.0146. The quantitative estimate of drug-likeness (QED) is 0.614. The van der Waals surface area contributed by atoms with Crippen LogP contribution >= 0.6 is 23.2 Å². The average molecular weight is 447 g/mol. The first kappa shape index (κ1) is 21.1. The first-order valence-corrected chi connectivity index (χ1v) is 11.0. The van der Waals surface area contributed by atoms with E-state index in [1.54, 1.807) is 0 Å². The van der Waals surface area contributed by atoms with Crippen molar-refractivity contribution in [3.05, 3.63) is 46.1 Å². The maximum atomic E-state index is 13.4. The first-order chi connectivity index (χ1) is 13.3. The third kappa shape index (κ3) is 4.51. The van der Waals surface area contributed by atoms with Crippen molar-refractivity contribution in [2.45, 2.75) is 49.6 Å². The van der Waals surface area contributed by atoms with Gasteiger partial charge in [-0.3, -0.25) is 0 Å². The van der Waals surface area contributed by atoms with E-state index in [-0.39, 0.29) is 39.1 Å². The van der Waals surface area contributed by atoms with E-state index in [0.29, 0.717) is 0 Å². The Morgan fingerprint density at radius 2 is 2.00 bits per heavy atom. The van der Waals surface area contributed by atoms with Gasteiger partial charge in [0.25, 0.3) is 0 Å². The molecule has 10 heteroatoms. The highest BCUT2D eigenvalue weighted by Gasteiger charge is 2.35. The number of oxazole rings is 1. The third-order valence-corrected chi connectivity index (χ3v) is 7.31. The Morgan fingerprint density at radius 1 is 1.29 bits per heavy atom. The molecule has 3 rings (SSSR count). The predicted molar refractivity (Wildman–Crippen MR) is 104 cm³/mol. The van der Waals surface area contributed by atoms with Gasteiger partial charge in [0.1, 0.15) is 11.2 Å². The van der Waals surface area contributed by atoms with Gasteiger partial charge in [0.05, 0.1) is 18.7 Å². The van der Waals surface area contributed by atoms with Crippen molar-refractivity contribution in [3.8, 4) is 0 Å². The molecule has 0 unspecified atom stereocenters. The molecule has 0 atom stereocenters. The Bertz CT molecular complexity index is 955. The summed E-state index contributed by atoms with van der Waals surface area (Å²) in [6.07, 6.45) is 5.52. The Hall–Kier alpha value is -1.61. The second-order valence-corrected chi connectivity index (χ2v) is 9.24. The number of carbonyl (C=O) groups is 1. The van der Waals surface area contributed by atoms with Crippen molar-refractivity contribution in [1.29, 1.82) is 0 Å². The van der Waals surface area contributed by atoms with E-state index < -0.39 is 16.0 Å².